The molecule has 2 nitrogen and oxygen atoms in total. The lowest BCUT2D eigenvalue weighted by molar-refractivity contribution is 0.607. The number of benzene rings is 2. The molecule has 0 aromatic heterocycles. The van der Waals surface area contributed by atoms with Crippen molar-refractivity contribution in [2.24, 2.45) is 5.84 Å². The summed E-state index contributed by atoms with van der Waals surface area (Å²) in [7, 11) is 0. The van der Waals surface area contributed by atoms with Gasteiger partial charge in [0.2, 0.25) is 0 Å². The minimum absolute atomic E-state index is 0.151. The lowest BCUT2D eigenvalue weighted by atomic mass is 9.97. The van der Waals surface area contributed by atoms with E-state index < -0.39 is 0 Å². The predicted octanol–water partition coefficient (Wildman–Crippen LogP) is 4.67. The van der Waals surface area contributed by atoms with Crippen LogP contribution in [0, 0.1) is 20.8 Å². The highest BCUT2D eigenvalue weighted by atomic mass is 79.9. The molecular weight excluding hydrogens is 344 g/mol. The van der Waals surface area contributed by atoms with E-state index in [1.54, 1.807) is 0 Å². The van der Waals surface area contributed by atoms with Gasteiger partial charge in [-0.25, -0.2) is 0 Å². The number of hydrogen-bond donors (Lipinski definition) is 2. The van der Waals surface area contributed by atoms with Gasteiger partial charge < -0.3 is 0 Å². The van der Waals surface area contributed by atoms with Crippen LogP contribution in [0.2, 0.25) is 0 Å². The maximum absolute atomic E-state index is 5.78. The van der Waals surface area contributed by atoms with Gasteiger partial charge in [-0.05, 0) is 67.3 Å². The Labute approximate surface area is 139 Å². The number of hydrogen-bond acceptors (Lipinski definition) is 3. The number of rotatable bonds is 5. The van der Waals surface area contributed by atoms with Crippen LogP contribution in [0.3, 0.4) is 0 Å². The number of aryl methyl sites for hydroxylation is 3. The van der Waals surface area contributed by atoms with Crippen molar-refractivity contribution in [2.45, 2.75) is 31.7 Å². The molecule has 0 fully saturated rings. The van der Waals surface area contributed by atoms with E-state index in [2.05, 4.69) is 78.5 Å². The molecule has 0 aliphatic carbocycles. The van der Waals surface area contributed by atoms with Gasteiger partial charge >= 0.3 is 0 Å². The van der Waals surface area contributed by atoms with Crippen molar-refractivity contribution in [2.75, 3.05) is 5.75 Å². The molecule has 21 heavy (non-hydrogen) atoms. The first-order valence-corrected chi connectivity index (χ1v) is 8.71. The highest BCUT2D eigenvalue weighted by Gasteiger charge is 2.14. The third-order valence-electron chi connectivity index (χ3n) is 3.69. The summed E-state index contributed by atoms with van der Waals surface area (Å²) in [5.41, 5.74) is 8.17. The average molecular weight is 365 g/mol. The quantitative estimate of drug-likeness (QED) is 0.459. The van der Waals surface area contributed by atoms with Gasteiger partial charge in [0, 0.05) is 15.1 Å². The van der Waals surface area contributed by atoms with Gasteiger partial charge in [-0.1, -0.05) is 28.1 Å². The van der Waals surface area contributed by atoms with Gasteiger partial charge in [0.15, 0.2) is 0 Å². The molecule has 0 aliphatic heterocycles. The Hall–Kier alpha value is -0.810. The van der Waals surface area contributed by atoms with E-state index in [-0.39, 0.29) is 6.04 Å². The molecule has 2 aromatic rings. The molecule has 112 valence electrons. The number of nitrogens with two attached hydrogens (primary N) is 1. The third-order valence-corrected chi connectivity index (χ3v) is 5.32. The van der Waals surface area contributed by atoms with Gasteiger partial charge in [-0.3, -0.25) is 11.3 Å². The topological polar surface area (TPSA) is 38.0 Å². The van der Waals surface area contributed by atoms with Crippen molar-refractivity contribution in [1.29, 1.82) is 0 Å². The molecule has 0 saturated heterocycles. The number of hydrazine groups is 1. The van der Waals surface area contributed by atoms with Crippen molar-refractivity contribution in [3.63, 3.8) is 0 Å². The summed E-state index contributed by atoms with van der Waals surface area (Å²) in [6.07, 6.45) is 0. The van der Waals surface area contributed by atoms with E-state index in [0.29, 0.717) is 0 Å². The normalized spacial score (nSPS) is 12.4. The molecule has 0 aliphatic rings. The molecule has 0 heterocycles. The van der Waals surface area contributed by atoms with Crippen LogP contribution < -0.4 is 11.3 Å². The number of nitrogens with one attached hydrogen (secondary N) is 1. The average Bonchev–Trinajstić information content (AvgIpc) is 2.46. The fourth-order valence-electron chi connectivity index (χ4n) is 2.30. The van der Waals surface area contributed by atoms with Crippen LogP contribution >= 0.6 is 27.7 Å². The fourth-order valence-corrected chi connectivity index (χ4v) is 3.52. The van der Waals surface area contributed by atoms with E-state index in [4.69, 9.17) is 5.84 Å². The van der Waals surface area contributed by atoms with E-state index in [0.717, 1.165) is 10.2 Å². The molecule has 1 unspecified atom stereocenters. The molecule has 4 heteroatoms. The molecule has 0 radical (unpaired) electrons. The summed E-state index contributed by atoms with van der Waals surface area (Å²) >= 11 is 5.27. The Morgan fingerprint density at radius 2 is 1.67 bits per heavy atom. The van der Waals surface area contributed by atoms with Crippen molar-refractivity contribution in [3.05, 3.63) is 63.1 Å². The predicted molar refractivity (Wildman–Crippen MR) is 95.6 cm³/mol. The maximum atomic E-state index is 5.78. The monoisotopic (exact) mass is 364 g/mol. The zero-order valence-corrected chi connectivity index (χ0v) is 15.0. The molecule has 0 amide bonds. The minimum Gasteiger partial charge on any atom is -0.271 e. The largest absolute Gasteiger partial charge is 0.271 e. The summed E-state index contributed by atoms with van der Waals surface area (Å²) in [4.78, 5) is 1.25. The van der Waals surface area contributed by atoms with Gasteiger partial charge in [0.25, 0.3) is 0 Å². The third kappa shape index (κ3) is 4.33. The van der Waals surface area contributed by atoms with Crippen molar-refractivity contribution < 1.29 is 0 Å². The van der Waals surface area contributed by atoms with Crippen LogP contribution in [0.25, 0.3) is 0 Å². The standard InChI is InChI=1S/C17H21BrN2S/c1-11-8-13(3)16(9-12(11)2)17(20-19)10-21-15-6-4-14(18)5-7-15/h4-9,17,20H,10,19H2,1-3H3. The van der Waals surface area contributed by atoms with Crippen LogP contribution in [0.15, 0.2) is 45.8 Å². The number of thioether (sulfide) groups is 1. The lowest BCUT2D eigenvalue weighted by Gasteiger charge is -2.20. The van der Waals surface area contributed by atoms with Crippen LogP contribution in [-0.2, 0) is 0 Å². The Kier molecular flexibility index (Phi) is 5.88. The molecule has 2 aromatic carbocycles. The van der Waals surface area contributed by atoms with Crippen molar-refractivity contribution in [3.8, 4) is 0 Å². The van der Waals surface area contributed by atoms with Crippen molar-refractivity contribution >= 4 is 27.7 Å². The molecule has 3 N–H and O–H groups in total. The summed E-state index contributed by atoms with van der Waals surface area (Å²) in [5.74, 6) is 6.68. The fraction of sp³-hybridized carbons (Fsp3) is 0.294. The second-order valence-electron chi connectivity index (χ2n) is 5.28. The Bertz CT molecular complexity index is 611. The first-order chi connectivity index (χ1) is 10.0. The van der Waals surface area contributed by atoms with E-state index in [9.17, 15) is 0 Å². The van der Waals surface area contributed by atoms with E-state index in [1.165, 1.54) is 27.1 Å². The Morgan fingerprint density at radius 3 is 2.29 bits per heavy atom. The summed E-state index contributed by atoms with van der Waals surface area (Å²) in [6, 6.07) is 13.0. The molecule has 0 saturated carbocycles. The van der Waals surface area contributed by atoms with Gasteiger partial charge in [-0.2, -0.15) is 0 Å². The van der Waals surface area contributed by atoms with E-state index >= 15 is 0 Å². The summed E-state index contributed by atoms with van der Waals surface area (Å²) < 4.78 is 1.10. The molecule has 0 spiro atoms. The van der Waals surface area contributed by atoms with Gasteiger partial charge in [-0.15, -0.1) is 11.8 Å². The number of halogens is 1. The second-order valence-corrected chi connectivity index (χ2v) is 7.29. The minimum atomic E-state index is 0.151. The zero-order chi connectivity index (χ0) is 15.4. The lowest BCUT2D eigenvalue weighted by Crippen LogP contribution is -2.30. The van der Waals surface area contributed by atoms with Gasteiger partial charge in [0.1, 0.15) is 0 Å². The molecular formula is C17H21BrN2S. The van der Waals surface area contributed by atoms with Crippen molar-refractivity contribution in [1.82, 2.24) is 5.43 Å². The molecule has 2 rings (SSSR count). The highest BCUT2D eigenvalue weighted by Crippen LogP contribution is 2.28. The van der Waals surface area contributed by atoms with Crippen LogP contribution in [0.4, 0.5) is 0 Å². The molecule has 0 bridgehead atoms. The summed E-state index contributed by atoms with van der Waals surface area (Å²) in [6.45, 7) is 6.44. The maximum Gasteiger partial charge on any atom is 0.0556 e. The highest BCUT2D eigenvalue weighted by molar-refractivity contribution is 9.10. The molecule has 1 atom stereocenters. The summed E-state index contributed by atoms with van der Waals surface area (Å²) in [5, 5.41) is 0. The zero-order valence-electron chi connectivity index (χ0n) is 12.6. The first-order valence-electron chi connectivity index (χ1n) is 6.93. The Morgan fingerprint density at radius 1 is 1.05 bits per heavy atom. The SMILES string of the molecule is Cc1cc(C)c(C(CSc2ccc(Br)cc2)NN)cc1C. The Balaban J connectivity index is 2.13. The van der Waals surface area contributed by atoms with E-state index in [1.807, 2.05) is 11.8 Å². The first kappa shape index (κ1) is 16.6. The van der Waals surface area contributed by atoms with Gasteiger partial charge in [0.05, 0.1) is 6.04 Å². The van der Waals surface area contributed by atoms with Crippen LogP contribution in [0.1, 0.15) is 28.3 Å². The van der Waals surface area contributed by atoms with Crippen LogP contribution in [0.5, 0.6) is 0 Å². The smallest absolute Gasteiger partial charge is 0.0556 e. The second kappa shape index (κ2) is 7.45. The van der Waals surface area contributed by atoms with Crippen LogP contribution in [-0.4, -0.2) is 5.75 Å².